The highest BCUT2D eigenvalue weighted by Crippen LogP contribution is 2.45. The summed E-state index contributed by atoms with van der Waals surface area (Å²) in [5, 5.41) is 10.6. The van der Waals surface area contributed by atoms with Crippen LogP contribution in [0.1, 0.15) is 369 Å². The summed E-state index contributed by atoms with van der Waals surface area (Å²) in [6, 6.07) is 0. The standard InChI is InChI=1S/C72H140O17P2/c1-7-9-11-13-15-17-18-19-20-21-22-23-24-29-32-38-44-50-56-71(76)88-67(61-83-70(75)55-49-43-37-31-28-26-25-27-30-34-40-46-52-64(3)4)62-86-90(78,79)84-58-66(73)59-85-91(80,81)87-63-68(60-82-69(74)54-48-42-36-16-14-12-10-8-2)89-72(77)57-51-45-39-33-35-41-47-53-65(5)6/h64-68,73H,7-63H2,1-6H3,(H,78,79)(H,80,81)/t66-,67-,68-/m1/s1. The molecule has 0 aliphatic rings. The van der Waals surface area contributed by atoms with E-state index in [-0.39, 0.29) is 25.7 Å². The van der Waals surface area contributed by atoms with Crippen molar-refractivity contribution in [1.29, 1.82) is 0 Å². The third kappa shape index (κ3) is 66.5. The smallest absolute Gasteiger partial charge is 0.462 e. The molecule has 0 rings (SSSR count). The molecule has 0 aromatic heterocycles. The van der Waals surface area contributed by atoms with Crippen LogP contribution in [0.25, 0.3) is 0 Å². The van der Waals surface area contributed by atoms with E-state index >= 15 is 0 Å². The molecule has 0 amide bonds. The summed E-state index contributed by atoms with van der Waals surface area (Å²) in [6.07, 6.45) is 50.2. The Kier molecular flexibility index (Phi) is 62.7. The van der Waals surface area contributed by atoms with Crippen molar-refractivity contribution in [3.05, 3.63) is 0 Å². The summed E-state index contributed by atoms with van der Waals surface area (Å²) < 4.78 is 68.3. The second kappa shape index (κ2) is 64.1. The Morgan fingerprint density at radius 3 is 0.747 bits per heavy atom. The van der Waals surface area contributed by atoms with Gasteiger partial charge in [-0.2, -0.15) is 0 Å². The summed E-state index contributed by atoms with van der Waals surface area (Å²) >= 11 is 0. The SMILES string of the molecule is CCCCCCCCCCCCCCCCCCCCC(=O)O[C@H](COC(=O)CCCCCCCCCCCCCCC(C)C)COP(=O)(O)OC[C@@H](O)COP(=O)(O)OC[C@@H](COC(=O)CCCCCCCCCC)OC(=O)CCCCCCCCCC(C)C. The minimum absolute atomic E-state index is 0.103. The molecule has 91 heavy (non-hydrogen) atoms. The maximum absolute atomic E-state index is 13.0. The summed E-state index contributed by atoms with van der Waals surface area (Å²) in [4.78, 5) is 72.5. The van der Waals surface area contributed by atoms with Gasteiger partial charge < -0.3 is 33.8 Å². The minimum Gasteiger partial charge on any atom is -0.462 e. The Hall–Kier alpha value is -1.94. The lowest BCUT2D eigenvalue weighted by atomic mass is 10.0. The van der Waals surface area contributed by atoms with Crippen molar-refractivity contribution in [3.8, 4) is 0 Å². The minimum atomic E-state index is -4.95. The number of rotatable bonds is 71. The molecule has 0 heterocycles. The number of esters is 4. The fourth-order valence-corrected chi connectivity index (χ4v) is 12.5. The van der Waals surface area contributed by atoms with E-state index in [9.17, 15) is 43.2 Å². The number of carbonyl (C=O) groups is 4. The van der Waals surface area contributed by atoms with Crippen LogP contribution in [0, 0.1) is 11.8 Å². The molecule has 0 spiro atoms. The number of aliphatic hydroxyl groups excluding tert-OH is 1. The molecule has 0 radical (unpaired) electrons. The first kappa shape index (κ1) is 89.1. The number of carbonyl (C=O) groups excluding carboxylic acids is 4. The number of phosphoric ester groups is 2. The van der Waals surface area contributed by atoms with Crippen molar-refractivity contribution in [2.45, 2.75) is 387 Å². The Balaban J connectivity index is 5.20. The lowest BCUT2D eigenvalue weighted by Gasteiger charge is -2.21. The van der Waals surface area contributed by atoms with Crippen LogP contribution in [-0.2, 0) is 65.4 Å². The molecule has 0 aromatic rings. The molecule has 0 aliphatic heterocycles. The van der Waals surface area contributed by atoms with Gasteiger partial charge >= 0.3 is 39.5 Å². The van der Waals surface area contributed by atoms with Crippen LogP contribution < -0.4 is 0 Å². The average molecular weight is 1340 g/mol. The molecule has 0 saturated heterocycles. The molecule has 540 valence electrons. The summed E-state index contributed by atoms with van der Waals surface area (Å²) in [6.45, 7) is 9.49. The Morgan fingerprint density at radius 2 is 0.505 bits per heavy atom. The molecule has 0 saturated carbocycles. The molecule has 17 nitrogen and oxygen atoms in total. The van der Waals surface area contributed by atoms with Gasteiger partial charge in [0.1, 0.15) is 19.3 Å². The molecule has 5 atom stereocenters. The quantitative estimate of drug-likeness (QED) is 0.0222. The summed E-state index contributed by atoms with van der Waals surface area (Å²) in [7, 11) is -9.90. The predicted octanol–water partition coefficient (Wildman–Crippen LogP) is 20.8. The number of hydrogen-bond donors (Lipinski definition) is 3. The molecule has 0 bridgehead atoms. The first-order valence-electron chi connectivity index (χ1n) is 37.5. The van der Waals surface area contributed by atoms with Crippen molar-refractivity contribution < 1.29 is 80.2 Å². The number of aliphatic hydroxyl groups is 1. The lowest BCUT2D eigenvalue weighted by molar-refractivity contribution is -0.161. The fourth-order valence-electron chi connectivity index (χ4n) is 10.9. The van der Waals surface area contributed by atoms with Crippen LogP contribution in [0.3, 0.4) is 0 Å². The Bertz CT molecular complexity index is 1770. The molecule has 2 unspecified atom stereocenters. The maximum Gasteiger partial charge on any atom is 0.472 e. The maximum atomic E-state index is 13.0. The highest BCUT2D eigenvalue weighted by Gasteiger charge is 2.30. The van der Waals surface area contributed by atoms with Gasteiger partial charge in [-0.1, -0.05) is 318 Å². The zero-order chi connectivity index (χ0) is 67.2. The first-order chi connectivity index (χ1) is 43.9. The van der Waals surface area contributed by atoms with E-state index in [4.69, 9.17) is 37.0 Å². The number of phosphoric acid groups is 2. The van der Waals surface area contributed by atoms with Crippen molar-refractivity contribution in [2.75, 3.05) is 39.6 Å². The first-order valence-corrected chi connectivity index (χ1v) is 40.5. The van der Waals surface area contributed by atoms with Crippen LogP contribution in [-0.4, -0.2) is 96.7 Å². The van der Waals surface area contributed by atoms with E-state index in [0.29, 0.717) is 31.6 Å². The Labute approximate surface area is 556 Å². The number of hydrogen-bond acceptors (Lipinski definition) is 15. The second-order valence-corrected chi connectivity index (χ2v) is 29.8. The summed E-state index contributed by atoms with van der Waals surface area (Å²) in [5.74, 6) is -0.648. The van der Waals surface area contributed by atoms with Crippen LogP contribution in [0.15, 0.2) is 0 Å². The van der Waals surface area contributed by atoms with Gasteiger partial charge in [-0.05, 0) is 37.5 Å². The van der Waals surface area contributed by atoms with Gasteiger partial charge in [-0.15, -0.1) is 0 Å². The van der Waals surface area contributed by atoms with Gasteiger partial charge in [-0.3, -0.25) is 37.3 Å². The van der Waals surface area contributed by atoms with E-state index in [1.54, 1.807) is 0 Å². The molecule has 0 aliphatic carbocycles. The highest BCUT2D eigenvalue weighted by molar-refractivity contribution is 7.47. The zero-order valence-electron chi connectivity index (χ0n) is 59.1. The van der Waals surface area contributed by atoms with Gasteiger partial charge in [-0.25, -0.2) is 9.13 Å². The van der Waals surface area contributed by atoms with E-state index in [0.717, 1.165) is 102 Å². The Morgan fingerprint density at radius 1 is 0.297 bits per heavy atom. The van der Waals surface area contributed by atoms with Gasteiger partial charge in [0.05, 0.1) is 26.4 Å². The van der Waals surface area contributed by atoms with Gasteiger partial charge in [0.15, 0.2) is 12.2 Å². The third-order valence-corrected chi connectivity index (χ3v) is 18.6. The zero-order valence-corrected chi connectivity index (χ0v) is 60.9. The monoisotopic (exact) mass is 1340 g/mol. The summed E-state index contributed by atoms with van der Waals surface area (Å²) in [5.41, 5.74) is 0. The van der Waals surface area contributed by atoms with Crippen LogP contribution >= 0.6 is 15.6 Å². The molecule has 0 aromatic carbocycles. The largest absolute Gasteiger partial charge is 0.472 e. The van der Waals surface area contributed by atoms with Crippen molar-refractivity contribution in [3.63, 3.8) is 0 Å². The third-order valence-electron chi connectivity index (χ3n) is 16.7. The molecular weight excluding hydrogens is 1200 g/mol. The highest BCUT2D eigenvalue weighted by atomic mass is 31.2. The van der Waals surface area contributed by atoms with E-state index in [1.807, 2.05) is 0 Å². The van der Waals surface area contributed by atoms with Crippen molar-refractivity contribution in [2.24, 2.45) is 11.8 Å². The second-order valence-electron chi connectivity index (χ2n) is 26.9. The average Bonchev–Trinajstić information content (AvgIpc) is 3.01. The topological polar surface area (TPSA) is 237 Å². The fraction of sp³-hybridized carbons (Fsp3) is 0.944. The van der Waals surface area contributed by atoms with Gasteiger partial charge in [0.25, 0.3) is 0 Å². The molecule has 0 fully saturated rings. The van der Waals surface area contributed by atoms with E-state index in [2.05, 4.69) is 41.5 Å². The normalized spacial score (nSPS) is 14.1. The van der Waals surface area contributed by atoms with E-state index < -0.39 is 97.5 Å². The van der Waals surface area contributed by atoms with Crippen LogP contribution in [0.5, 0.6) is 0 Å². The van der Waals surface area contributed by atoms with Gasteiger partial charge in [0.2, 0.25) is 0 Å². The van der Waals surface area contributed by atoms with Gasteiger partial charge in [0, 0.05) is 25.7 Å². The van der Waals surface area contributed by atoms with Crippen LogP contribution in [0.2, 0.25) is 0 Å². The van der Waals surface area contributed by atoms with Crippen LogP contribution in [0.4, 0.5) is 0 Å². The molecule has 19 heteroatoms. The van der Waals surface area contributed by atoms with Crippen molar-refractivity contribution in [1.82, 2.24) is 0 Å². The predicted molar refractivity (Wildman–Crippen MR) is 368 cm³/mol. The lowest BCUT2D eigenvalue weighted by Crippen LogP contribution is -2.30. The number of ether oxygens (including phenoxy) is 4. The molecular formula is C72H140O17P2. The van der Waals surface area contributed by atoms with E-state index in [1.165, 1.54) is 180 Å². The molecule has 3 N–H and O–H groups in total. The van der Waals surface area contributed by atoms with Crippen molar-refractivity contribution >= 4 is 39.5 Å². The number of unbranched alkanes of at least 4 members (excludes halogenated alkanes) is 41.